The molecule has 3 rings (SSSR count). The zero-order valence-corrected chi connectivity index (χ0v) is 19.7. The summed E-state index contributed by atoms with van der Waals surface area (Å²) in [4.78, 5) is 7.71. The summed E-state index contributed by atoms with van der Waals surface area (Å²) in [6.45, 7) is 6.13. The minimum absolute atomic E-state index is 0.0420. The maximum absolute atomic E-state index is 12.7. The van der Waals surface area contributed by atoms with Crippen LogP contribution < -0.4 is 14.2 Å². The van der Waals surface area contributed by atoms with Crippen LogP contribution in [-0.2, 0) is 25.5 Å². The first-order valence-corrected chi connectivity index (χ1v) is 12.5. The van der Waals surface area contributed by atoms with Gasteiger partial charge in [-0.3, -0.25) is 9.44 Å². The molecule has 2 aromatic carbocycles. The fourth-order valence-corrected chi connectivity index (χ4v) is 4.81. The van der Waals surface area contributed by atoms with Crippen molar-refractivity contribution in [1.29, 1.82) is 0 Å². The molecule has 0 saturated carbocycles. The van der Waals surface area contributed by atoms with Crippen molar-refractivity contribution in [1.82, 2.24) is 9.97 Å². The highest BCUT2D eigenvalue weighted by molar-refractivity contribution is 7.93. The number of anilines is 2. The quantitative estimate of drug-likeness (QED) is 0.535. The standard InChI is InChI=1S/C21H24N4O5S2/c1-21(2,3)15-5-9-17(10-6-15)31(26,27)24-16-7-11-18(12-8-16)32(28,29)25-19-13-20(30-4)23-14-22-19/h5-14,24H,1-4H3,(H,22,23,25). The number of sulfonamides is 2. The summed E-state index contributed by atoms with van der Waals surface area (Å²) in [6, 6.07) is 13.3. The lowest BCUT2D eigenvalue weighted by Crippen LogP contribution is -2.16. The van der Waals surface area contributed by atoms with Crippen molar-refractivity contribution in [2.45, 2.75) is 36.0 Å². The molecule has 32 heavy (non-hydrogen) atoms. The average molecular weight is 477 g/mol. The number of hydrogen-bond acceptors (Lipinski definition) is 7. The number of hydrogen-bond donors (Lipinski definition) is 2. The predicted molar refractivity (Wildman–Crippen MR) is 122 cm³/mol. The molecule has 9 nitrogen and oxygen atoms in total. The second-order valence-electron chi connectivity index (χ2n) is 7.96. The van der Waals surface area contributed by atoms with E-state index in [0.29, 0.717) is 0 Å². The van der Waals surface area contributed by atoms with E-state index < -0.39 is 20.0 Å². The van der Waals surface area contributed by atoms with Crippen LogP contribution in [0.2, 0.25) is 0 Å². The Morgan fingerprint density at radius 1 is 0.781 bits per heavy atom. The molecule has 11 heteroatoms. The van der Waals surface area contributed by atoms with Crippen LogP contribution in [0.5, 0.6) is 5.88 Å². The van der Waals surface area contributed by atoms with Crippen molar-refractivity contribution in [3.05, 3.63) is 66.5 Å². The molecule has 0 aliphatic carbocycles. The van der Waals surface area contributed by atoms with Gasteiger partial charge in [0.05, 0.1) is 16.9 Å². The minimum Gasteiger partial charge on any atom is -0.481 e. The van der Waals surface area contributed by atoms with Crippen LogP contribution in [0.15, 0.2) is 70.7 Å². The van der Waals surface area contributed by atoms with E-state index in [2.05, 4.69) is 19.4 Å². The summed E-state index contributed by atoms with van der Waals surface area (Å²) in [6.07, 6.45) is 1.17. The lowest BCUT2D eigenvalue weighted by molar-refractivity contribution is 0.397. The Labute approximate surface area is 188 Å². The highest BCUT2D eigenvalue weighted by Crippen LogP contribution is 2.25. The normalized spacial score (nSPS) is 12.2. The molecular formula is C21H24N4O5S2. The van der Waals surface area contributed by atoms with Crippen molar-refractivity contribution in [3.63, 3.8) is 0 Å². The molecule has 0 bridgehead atoms. The largest absolute Gasteiger partial charge is 0.481 e. The molecule has 0 fully saturated rings. The van der Waals surface area contributed by atoms with Crippen molar-refractivity contribution < 1.29 is 21.6 Å². The van der Waals surface area contributed by atoms with E-state index in [9.17, 15) is 16.8 Å². The van der Waals surface area contributed by atoms with E-state index >= 15 is 0 Å². The van der Waals surface area contributed by atoms with Gasteiger partial charge >= 0.3 is 0 Å². The van der Waals surface area contributed by atoms with Crippen molar-refractivity contribution in [2.75, 3.05) is 16.6 Å². The summed E-state index contributed by atoms with van der Waals surface area (Å²) in [5.74, 6) is 0.248. The second kappa shape index (κ2) is 8.75. The topological polar surface area (TPSA) is 127 Å². The van der Waals surface area contributed by atoms with E-state index in [-0.39, 0.29) is 32.6 Å². The van der Waals surface area contributed by atoms with E-state index in [4.69, 9.17) is 4.74 Å². The zero-order valence-electron chi connectivity index (χ0n) is 18.0. The monoisotopic (exact) mass is 476 g/mol. The van der Waals surface area contributed by atoms with Crippen molar-refractivity contribution in [3.8, 4) is 5.88 Å². The number of benzene rings is 2. The van der Waals surface area contributed by atoms with Crippen LogP contribution in [0.3, 0.4) is 0 Å². The van der Waals surface area contributed by atoms with Gasteiger partial charge in [0.1, 0.15) is 12.1 Å². The number of nitrogens with one attached hydrogen (secondary N) is 2. The average Bonchev–Trinajstić information content (AvgIpc) is 2.73. The van der Waals surface area contributed by atoms with Gasteiger partial charge in [-0.1, -0.05) is 32.9 Å². The molecule has 2 N–H and O–H groups in total. The van der Waals surface area contributed by atoms with Crippen LogP contribution in [0.4, 0.5) is 11.5 Å². The first-order chi connectivity index (χ1) is 14.9. The van der Waals surface area contributed by atoms with Crippen molar-refractivity contribution in [2.24, 2.45) is 0 Å². The first kappa shape index (κ1) is 23.5. The summed E-state index contributed by atoms with van der Waals surface area (Å²) in [5, 5.41) is 0. The van der Waals surface area contributed by atoms with Gasteiger partial charge in [0.25, 0.3) is 20.0 Å². The zero-order chi connectivity index (χ0) is 23.6. The Morgan fingerprint density at radius 3 is 1.84 bits per heavy atom. The third kappa shape index (κ3) is 5.54. The van der Waals surface area contributed by atoms with Gasteiger partial charge < -0.3 is 4.74 Å². The molecule has 0 spiro atoms. The van der Waals surface area contributed by atoms with Crippen LogP contribution in [0.25, 0.3) is 0 Å². The van der Waals surface area contributed by atoms with Crippen LogP contribution in [0, 0.1) is 0 Å². The smallest absolute Gasteiger partial charge is 0.263 e. The number of nitrogens with zero attached hydrogens (tertiary/aromatic N) is 2. The van der Waals surface area contributed by atoms with Gasteiger partial charge in [-0.25, -0.2) is 26.8 Å². The highest BCUT2D eigenvalue weighted by Gasteiger charge is 2.19. The molecule has 0 saturated heterocycles. The molecule has 0 radical (unpaired) electrons. The van der Waals surface area contributed by atoms with Gasteiger partial charge in [-0.15, -0.1) is 0 Å². The lowest BCUT2D eigenvalue weighted by atomic mass is 9.87. The lowest BCUT2D eigenvalue weighted by Gasteiger charge is -2.19. The molecule has 0 aliphatic heterocycles. The van der Waals surface area contributed by atoms with E-state index in [1.807, 2.05) is 20.8 Å². The number of rotatable bonds is 7. The summed E-state index contributed by atoms with van der Waals surface area (Å²) < 4.78 is 60.2. The summed E-state index contributed by atoms with van der Waals surface area (Å²) in [7, 11) is -6.37. The molecule has 3 aromatic rings. The van der Waals surface area contributed by atoms with Gasteiger partial charge in [0, 0.05) is 11.8 Å². The Hall–Kier alpha value is -3.18. The third-order valence-corrected chi connectivity index (χ3v) is 7.31. The van der Waals surface area contributed by atoms with Crippen molar-refractivity contribution >= 4 is 31.6 Å². The Morgan fingerprint density at radius 2 is 1.31 bits per heavy atom. The van der Waals surface area contributed by atoms with Gasteiger partial charge in [0.2, 0.25) is 5.88 Å². The van der Waals surface area contributed by atoms with E-state index in [0.717, 1.165) is 5.56 Å². The summed E-state index contributed by atoms with van der Waals surface area (Å²) in [5.41, 5.74) is 1.15. The Balaban J connectivity index is 1.76. The molecule has 0 unspecified atom stereocenters. The van der Waals surface area contributed by atoms with E-state index in [1.54, 1.807) is 24.3 Å². The molecule has 1 aromatic heterocycles. The van der Waals surface area contributed by atoms with Gasteiger partial charge in [-0.2, -0.15) is 0 Å². The Kier molecular flexibility index (Phi) is 6.42. The highest BCUT2D eigenvalue weighted by atomic mass is 32.2. The fraction of sp³-hybridized carbons (Fsp3) is 0.238. The third-order valence-electron chi connectivity index (χ3n) is 4.54. The number of methoxy groups -OCH3 is 1. The van der Waals surface area contributed by atoms with Gasteiger partial charge in [0.15, 0.2) is 0 Å². The van der Waals surface area contributed by atoms with Crippen LogP contribution in [-0.4, -0.2) is 33.9 Å². The SMILES string of the molecule is COc1cc(NS(=O)(=O)c2ccc(NS(=O)(=O)c3ccc(C(C)(C)C)cc3)cc2)ncn1. The summed E-state index contributed by atoms with van der Waals surface area (Å²) >= 11 is 0. The second-order valence-corrected chi connectivity index (χ2v) is 11.3. The molecule has 0 atom stereocenters. The maximum atomic E-state index is 12.7. The molecule has 170 valence electrons. The molecule has 0 amide bonds. The molecular weight excluding hydrogens is 452 g/mol. The van der Waals surface area contributed by atoms with E-state index in [1.165, 1.54) is 43.8 Å². The predicted octanol–water partition coefficient (Wildman–Crippen LogP) is 3.38. The van der Waals surface area contributed by atoms with Crippen LogP contribution in [0.1, 0.15) is 26.3 Å². The van der Waals surface area contributed by atoms with Crippen LogP contribution >= 0.6 is 0 Å². The first-order valence-electron chi connectivity index (χ1n) is 9.53. The van der Waals surface area contributed by atoms with Gasteiger partial charge in [-0.05, 0) is 47.4 Å². The molecule has 0 aliphatic rings. The fourth-order valence-electron chi connectivity index (χ4n) is 2.75. The molecule has 1 heterocycles. The Bertz CT molecular complexity index is 1300. The minimum atomic E-state index is -3.94. The number of aromatic nitrogens is 2. The maximum Gasteiger partial charge on any atom is 0.263 e. The number of ether oxygens (including phenoxy) is 1.